The van der Waals surface area contributed by atoms with E-state index in [9.17, 15) is 14.7 Å². The second kappa shape index (κ2) is 7.69. The number of nitrogens with one attached hydrogen (secondary N) is 1. The van der Waals surface area contributed by atoms with Gasteiger partial charge in [0.25, 0.3) is 5.91 Å². The van der Waals surface area contributed by atoms with Gasteiger partial charge in [-0.15, -0.1) is 0 Å². The maximum Gasteiger partial charge on any atom is 0.308 e. The van der Waals surface area contributed by atoms with Gasteiger partial charge in [0.1, 0.15) is 5.75 Å². The average Bonchev–Trinajstić information content (AvgIpc) is 2.95. The first-order valence-corrected chi connectivity index (χ1v) is 8.60. The van der Waals surface area contributed by atoms with Crippen LogP contribution in [0.5, 0.6) is 5.75 Å². The molecule has 1 unspecified atom stereocenters. The van der Waals surface area contributed by atoms with Crippen LogP contribution in [0.25, 0.3) is 0 Å². The second-order valence-electron chi connectivity index (χ2n) is 6.92. The molecule has 0 heterocycles. The highest BCUT2D eigenvalue weighted by Gasteiger charge is 2.34. The highest BCUT2D eigenvalue weighted by molar-refractivity contribution is 5.82. The molecule has 0 spiro atoms. The summed E-state index contributed by atoms with van der Waals surface area (Å²) in [5.41, 5.74) is 2.39. The van der Waals surface area contributed by atoms with Gasteiger partial charge in [-0.1, -0.05) is 26.3 Å². The Labute approximate surface area is 143 Å². The van der Waals surface area contributed by atoms with Gasteiger partial charge < -0.3 is 15.2 Å². The lowest BCUT2D eigenvalue weighted by Gasteiger charge is -2.21. The van der Waals surface area contributed by atoms with Crippen molar-refractivity contribution in [1.82, 2.24) is 5.32 Å². The number of aryl methyl sites for hydroxylation is 1. The first-order chi connectivity index (χ1) is 11.3. The van der Waals surface area contributed by atoms with Crippen LogP contribution in [-0.2, 0) is 9.59 Å². The minimum Gasteiger partial charge on any atom is -0.481 e. The SMILES string of the molecule is Cc1cc(OC(C)C(=O)N[C@@H]2CCC[C@@H]2C(=O)O)ccc1C(C)C. The van der Waals surface area contributed by atoms with Gasteiger partial charge in [-0.05, 0) is 55.9 Å². The Morgan fingerprint density at radius 2 is 1.96 bits per heavy atom. The van der Waals surface area contributed by atoms with Gasteiger partial charge in [0.15, 0.2) is 6.10 Å². The zero-order valence-electron chi connectivity index (χ0n) is 14.8. The second-order valence-corrected chi connectivity index (χ2v) is 6.92. The predicted molar refractivity (Wildman–Crippen MR) is 92.3 cm³/mol. The summed E-state index contributed by atoms with van der Waals surface area (Å²) in [5, 5.41) is 12.0. The Bertz CT molecular complexity index is 611. The summed E-state index contributed by atoms with van der Waals surface area (Å²) in [5.74, 6) is -0.505. The topological polar surface area (TPSA) is 75.6 Å². The van der Waals surface area contributed by atoms with Crippen LogP contribution in [0.4, 0.5) is 0 Å². The Morgan fingerprint density at radius 1 is 1.25 bits per heavy atom. The summed E-state index contributed by atoms with van der Waals surface area (Å²) in [6.07, 6.45) is 1.49. The summed E-state index contributed by atoms with van der Waals surface area (Å²) in [6, 6.07) is 5.54. The number of carbonyl (C=O) groups excluding carboxylic acids is 1. The Morgan fingerprint density at radius 3 is 2.54 bits per heavy atom. The maximum atomic E-state index is 12.3. The molecule has 0 radical (unpaired) electrons. The van der Waals surface area contributed by atoms with Crippen molar-refractivity contribution in [3.8, 4) is 5.75 Å². The number of carboxylic acids is 1. The molecule has 0 saturated heterocycles. The lowest BCUT2D eigenvalue weighted by Crippen LogP contribution is -2.45. The van der Waals surface area contributed by atoms with E-state index < -0.39 is 18.0 Å². The predicted octanol–water partition coefficient (Wildman–Crippen LogP) is 3.26. The van der Waals surface area contributed by atoms with Crippen LogP contribution in [0, 0.1) is 12.8 Å². The molecule has 0 aromatic heterocycles. The highest BCUT2D eigenvalue weighted by Crippen LogP contribution is 2.27. The van der Waals surface area contributed by atoms with Crippen LogP contribution >= 0.6 is 0 Å². The molecule has 1 aliphatic carbocycles. The first kappa shape index (κ1) is 18.3. The van der Waals surface area contributed by atoms with Crippen LogP contribution in [0.2, 0.25) is 0 Å². The number of hydrogen-bond donors (Lipinski definition) is 2. The standard InChI is InChI=1S/C19H27NO4/c1-11(2)15-9-8-14(10-12(15)3)24-13(4)18(21)20-17-7-5-6-16(17)19(22)23/h8-11,13,16-17H,5-7H2,1-4H3,(H,20,21)(H,22,23)/t13?,16-,17+/m0/s1. The minimum absolute atomic E-state index is 0.265. The van der Waals surface area contributed by atoms with Gasteiger partial charge in [-0.25, -0.2) is 0 Å². The zero-order valence-corrected chi connectivity index (χ0v) is 14.8. The van der Waals surface area contributed by atoms with Crippen molar-refractivity contribution in [3.63, 3.8) is 0 Å². The molecule has 1 aromatic carbocycles. The van der Waals surface area contributed by atoms with E-state index in [1.807, 2.05) is 25.1 Å². The fourth-order valence-electron chi connectivity index (χ4n) is 3.36. The number of carboxylic acid groups (broad SMARTS) is 1. The quantitative estimate of drug-likeness (QED) is 0.838. The number of aliphatic carboxylic acids is 1. The lowest BCUT2D eigenvalue weighted by molar-refractivity contribution is -0.142. The van der Waals surface area contributed by atoms with Crippen molar-refractivity contribution in [3.05, 3.63) is 29.3 Å². The molecule has 2 rings (SSSR count). The number of rotatable bonds is 6. The Hall–Kier alpha value is -2.04. The highest BCUT2D eigenvalue weighted by atomic mass is 16.5. The minimum atomic E-state index is -0.841. The van der Waals surface area contributed by atoms with E-state index in [2.05, 4.69) is 19.2 Å². The van der Waals surface area contributed by atoms with Crippen molar-refractivity contribution in [2.45, 2.75) is 65.0 Å². The average molecular weight is 333 g/mol. The molecule has 1 aromatic rings. The molecule has 1 fully saturated rings. The summed E-state index contributed by atoms with van der Waals surface area (Å²) >= 11 is 0. The summed E-state index contributed by atoms with van der Waals surface area (Å²) in [6.45, 7) is 7.99. The van der Waals surface area contributed by atoms with Gasteiger partial charge in [0, 0.05) is 6.04 Å². The number of benzene rings is 1. The first-order valence-electron chi connectivity index (χ1n) is 8.60. The lowest BCUT2D eigenvalue weighted by atomic mass is 9.98. The van der Waals surface area contributed by atoms with E-state index >= 15 is 0 Å². The van der Waals surface area contributed by atoms with Crippen molar-refractivity contribution < 1.29 is 19.4 Å². The normalized spacial score (nSPS) is 21.5. The van der Waals surface area contributed by atoms with Crippen molar-refractivity contribution in [1.29, 1.82) is 0 Å². The monoisotopic (exact) mass is 333 g/mol. The van der Waals surface area contributed by atoms with E-state index in [-0.39, 0.29) is 11.9 Å². The summed E-state index contributed by atoms with van der Waals surface area (Å²) in [4.78, 5) is 23.5. The number of amides is 1. The van der Waals surface area contributed by atoms with Crippen LogP contribution in [0.1, 0.15) is 57.1 Å². The third kappa shape index (κ3) is 4.28. The van der Waals surface area contributed by atoms with Gasteiger partial charge in [0.2, 0.25) is 0 Å². The Kier molecular flexibility index (Phi) is 5.86. The number of hydrogen-bond acceptors (Lipinski definition) is 3. The molecule has 3 atom stereocenters. The Balaban J connectivity index is 1.96. The van der Waals surface area contributed by atoms with E-state index in [0.717, 1.165) is 12.0 Å². The van der Waals surface area contributed by atoms with Crippen LogP contribution in [0.15, 0.2) is 18.2 Å². The molecule has 1 saturated carbocycles. The largest absolute Gasteiger partial charge is 0.481 e. The molecular formula is C19H27NO4. The fraction of sp³-hybridized carbons (Fsp3) is 0.579. The third-order valence-corrected chi connectivity index (χ3v) is 4.71. The molecule has 132 valence electrons. The van der Waals surface area contributed by atoms with Crippen molar-refractivity contribution in [2.75, 3.05) is 0 Å². The van der Waals surface area contributed by atoms with Gasteiger partial charge in [-0.2, -0.15) is 0 Å². The van der Waals surface area contributed by atoms with E-state index in [0.29, 0.717) is 24.5 Å². The molecule has 24 heavy (non-hydrogen) atoms. The van der Waals surface area contributed by atoms with Crippen LogP contribution < -0.4 is 10.1 Å². The van der Waals surface area contributed by atoms with E-state index in [1.165, 1.54) is 5.56 Å². The molecule has 0 aliphatic heterocycles. The molecule has 2 N–H and O–H groups in total. The summed E-state index contributed by atoms with van der Waals surface area (Å²) in [7, 11) is 0. The van der Waals surface area contributed by atoms with Crippen LogP contribution in [-0.4, -0.2) is 29.1 Å². The van der Waals surface area contributed by atoms with Crippen LogP contribution in [0.3, 0.4) is 0 Å². The molecule has 5 nitrogen and oxygen atoms in total. The van der Waals surface area contributed by atoms with Crippen molar-refractivity contribution >= 4 is 11.9 Å². The maximum absolute atomic E-state index is 12.3. The zero-order chi connectivity index (χ0) is 17.9. The van der Waals surface area contributed by atoms with E-state index in [4.69, 9.17) is 4.74 Å². The van der Waals surface area contributed by atoms with Crippen molar-refractivity contribution in [2.24, 2.45) is 5.92 Å². The van der Waals surface area contributed by atoms with Gasteiger partial charge in [0.05, 0.1) is 5.92 Å². The molecule has 0 bridgehead atoms. The third-order valence-electron chi connectivity index (χ3n) is 4.71. The molecular weight excluding hydrogens is 306 g/mol. The molecule has 5 heteroatoms. The smallest absolute Gasteiger partial charge is 0.308 e. The molecule has 1 amide bonds. The van der Waals surface area contributed by atoms with Gasteiger partial charge >= 0.3 is 5.97 Å². The van der Waals surface area contributed by atoms with Gasteiger partial charge in [-0.3, -0.25) is 9.59 Å². The summed E-state index contributed by atoms with van der Waals surface area (Å²) < 4.78 is 5.74. The van der Waals surface area contributed by atoms with E-state index in [1.54, 1.807) is 6.92 Å². The number of ether oxygens (including phenoxy) is 1. The number of carbonyl (C=O) groups is 2. The fourth-order valence-corrected chi connectivity index (χ4v) is 3.36. The molecule has 1 aliphatic rings.